The van der Waals surface area contributed by atoms with E-state index < -0.39 is 11.8 Å². The van der Waals surface area contributed by atoms with Crippen molar-refractivity contribution in [2.45, 2.75) is 0 Å². The fourth-order valence-electron chi connectivity index (χ4n) is 0.686. The maximum Gasteiger partial charge on any atom is 0.337 e. The summed E-state index contributed by atoms with van der Waals surface area (Å²) < 4.78 is 13.0. The van der Waals surface area contributed by atoms with Gasteiger partial charge in [0.15, 0.2) is 0 Å². The second kappa shape index (κ2) is 3.57. The molecule has 1 N–H and O–H groups in total. The number of hydrogen-bond donors (Lipinski definition) is 1. The Hall–Kier alpha value is -0.360. The second-order valence-electron chi connectivity index (χ2n) is 2.05. The molecule has 1 aromatic rings. The number of rotatable bonds is 1. The van der Waals surface area contributed by atoms with Gasteiger partial charge in [-0.2, -0.15) is 0 Å². The van der Waals surface area contributed by atoms with Crippen LogP contribution in [0.25, 0.3) is 0 Å². The van der Waals surface area contributed by atoms with Gasteiger partial charge in [-0.3, -0.25) is 0 Å². The van der Waals surface area contributed by atoms with E-state index in [1.807, 2.05) is 0 Å². The molecule has 0 fully saturated rings. The third-order valence-electron chi connectivity index (χ3n) is 1.24. The molecule has 64 valence electrons. The highest BCUT2D eigenvalue weighted by Gasteiger charge is 2.11. The third kappa shape index (κ3) is 1.87. The van der Waals surface area contributed by atoms with Gasteiger partial charge in [-0.15, -0.1) is 0 Å². The topological polar surface area (TPSA) is 37.3 Å². The fourth-order valence-corrected chi connectivity index (χ4v) is 1.38. The number of hydrogen-bond acceptors (Lipinski definition) is 1. The summed E-state index contributed by atoms with van der Waals surface area (Å²) in [5, 5.41) is 8.49. The largest absolute Gasteiger partial charge is 0.478 e. The van der Waals surface area contributed by atoms with Gasteiger partial charge in [0.2, 0.25) is 0 Å². The van der Waals surface area contributed by atoms with Crippen LogP contribution < -0.4 is 0 Å². The van der Waals surface area contributed by atoms with Gasteiger partial charge in [0.05, 0.1) is 10.6 Å². The number of aromatic carboxylic acids is 1. The Kier molecular flexibility index (Phi) is 2.89. The molecule has 0 aromatic heterocycles. The van der Waals surface area contributed by atoms with Crippen LogP contribution >= 0.6 is 34.2 Å². The smallest absolute Gasteiger partial charge is 0.337 e. The van der Waals surface area contributed by atoms with Crippen LogP contribution in [0.15, 0.2) is 12.1 Å². The molecule has 5 heteroatoms. The summed E-state index contributed by atoms with van der Waals surface area (Å²) in [7, 11) is 0. The Morgan fingerprint density at radius 2 is 2.17 bits per heavy atom. The molecule has 12 heavy (non-hydrogen) atoms. The molecule has 0 aliphatic heterocycles. The van der Waals surface area contributed by atoms with Crippen molar-refractivity contribution in [1.29, 1.82) is 0 Å². The summed E-state index contributed by atoms with van der Waals surface area (Å²) in [5.74, 6) is -1.66. The number of carboxylic acid groups (broad SMARTS) is 1. The van der Waals surface area contributed by atoms with Gasteiger partial charge in [0.25, 0.3) is 0 Å². The highest BCUT2D eigenvalue weighted by molar-refractivity contribution is 14.1. The van der Waals surface area contributed by atoms with Crippen LogP contribution in [0.5, 0.6) is 0 Å². The molecule has 0 spiro atoms. The first-order chi connectivity index (χ1) is 5.52. The standard InChI is InChI=1S/C7H3ClFIO2/c8-4-2-5(9)6(10)1-3(4)7(11)12/h1-2H,(H,11,12). The van der Waals surface area contributed by atoms with Gasteiger partial charge < -0.3 is 5.11 Å². The molecule has 1 aromatic carbocycles. The van der Waals surface area contributed by atoms with Crippen molar-refractivity contribution < 1.29 is 14.3 Å². The quantitative estimate of drug-likeness (QED) is 0.639. The van der Waals surface area contributed by atoms with E-state index in [9.17, 15) is 9.18 Å². The van der Waals surface area contributed by atoms with Gasteiger partial charge in [0, 0.05) is 3.57 Å². The molecule has 0 saturated heterocycles. The zero-order chi connectivity index (χ0) is 9.30. The minimum absolute atomic E-state index is 0.0810. The van der Waals surface area contributed by atoms with E-state index in [0.29, 0.717) is 0 Å². The van der Waals surface area contributed by atoms with Crippen molar-refractivity contribution in [3.05, 3.63) is 32.1 Å². The van der Waals surface area contributed by atoms with Gasteiger partial charge in [-0.1, -0.05) is 11.6 Å². The van der Waals surface area contributed by atoms with Gasteiger partial charge in [-0.05, 0) is 34.7 Å². The Morgan fingerprint density at radius 1 is 1.58 bits per heavy atom. The van der Waals surface area contributed by atoms with Crippen LogP contribution in [0.3, 0.4) is 0 Å². The minimum Gasteiger partial charge on any atom is -0.478 e. The van der Waals surface area contributed by atoms with Crippen LogP contribution in [0.1, 0.15) is 10.4 Å². The van der Waals surface area contributed by atoms with Gasteiger partial charge >= 0.3 is 5.97 Å². The molecule has 0 heterocycles. The van der Waals surface area contributed by atoms with Gasteiger partial charge in [-0.25, -0.2) is 9.18 Å². The number of benzene rings is 1. The maximum absolute atomic E-state index is 12.7. The SMILES string of the molecule is O=C(O)c1cc(I)c(F)cc1Cl. The Balaban J connectivity index is 3.33. The lowest BCUT2D eigenvalue weighted by Gasteiger charge is -1.99. The van der Waals surface area contributed by atoms with Crippen molar-refractivity contribution >= 4 is 40.2 Å². The van der Waals surface area contributed by atoms with E-state index in [1.165, 1.54) is 6.07 Å². The van der Waals surface area contributed by atoms with Crippen LogP contribution in [-0.4, -0.2) is 11.1 Å². The van der Waals surface area contributed by atoms with Crippen LogP contribution in [0, 0.1) is 9.39 Å². The Labute approximate surface area is 86.5 Å². The molecule has 1 rings (SSSR count). The molecule has 0 radical (unpaired) electrons. The number of carboxylic acids is 1. The zero-order valence-corrected chi connectivity index (χ0v) is 8.56. The van der Waals surface area contributed by atoms with E-state index >= 15 is 0 Å². The fraction of sp³-hybridized carbons (Fsp3) is 0. The van der Waals surface area contributed by atoms with Crippen LogP contribution in [0.4, 0.5) is 4.39 Å². The first kappa shape index (κ1) is 9.73. The van der Waals surface area contributed by atoms with Crippen molar-refractivity contribution in [3.63, 3.8) is 0 Å². The van der Waals surface area contributed by atoms with Crippen molar-refractivity contribution in [2.75, 3.05) is 0 Å². The van der Waals surface area contributed by atoms with E-state index in [-0.39, 0.29) is 14.2 Å². The average Bonchev–Trinajstić information content (AvgIpc) is 1.96. The van der Waals surface area contributed by atoms with E-state index in [4.69, 9.17) is 16.7 Å². The van der Waals surface area contributed by atoms with Crippen LogP contribution in [0.2, 0.25) is 5.02 Å². The van der Waals surface area contributed by atoms with Crippen molar-refractivity contribution in [3.8, 4) is 0 Å². The first-order valence-corrected chi connectivity index (χ1v) is 4.36. The molecule has 0 aliphatic carbocycles. The van der Waals surface area contributed by atoms with E-state index in [1.54, 1.807) is 22.6 Å². The predicted octanol–water partition coefficient (Wildman–Crippen LogP) is 2.78. The summed E-state index contributed by atoms with van der Waals surface area (Å²) in [6, 6.07) is 2.19. The summed E-state index contributed by atoms with van der Waals surface area (Å²) in [4.78, 5) is 10.5. The average molecular weight is 300 g/mol. The first-order valence-electron chi connectivity index (χ1n) is 2.90. The lowest BCUT2D eigenvalue weighted by atomic mass is 10.2. The summed E-state index contributed by atoms with van der Waals surface area (Å²) in [6.45, 7) is 0. The molecule has 2 nitrogen and oxygen atoms in total. The molecule has 0 unspecified atom stereocenters. The molecule has 0 bridgehead atoms. The molecular weight excluding hydrogens is 297 g/mol. The van der Waals surface area contributed by atoms with Gasteiger partial charge in [0.1, 0.15) is 5.82 Å². The highest BCUT2D eigenvalue weighted by atomic mass is 127. The minimum atomic E-state index is -1.15. The maximum atomic E-state index is 12.7. The third-order valence-corrected chi connectivity index (χ3v) is 2.38. The highest BCUT2D eigenvalue weighted by Crippen LogP contribution is 2.21. The summed E-state index contributed by atoms with van der Waals surface area (Å²) >= 11 is 7.18. The molecule has 0 saturated carbocycles. The predicted molar refractivity (Wildman–Crippen MR) is 51.1 cm³/mol. The Bertz CT molecular complexity index is 340. The lowest BCUT2D eigenvalue weighted by Crippen LogP contribution is -1.99. The van der Waals surface area contributed by atoms with Crippen LogP contribution in [-0.2, 0) is 0 Å². The zero-order valence-electron chi connectivity index (χ0n) is 5.64. The van der Waals surface area contributed by atoms with E-state index in [0.717, 1.165) is 6.07 Å². The molecule has 0 aliphatic rings. The summed E-state index contributed by atoms with van der Waals surface area (Å²) in [6.07, 6.45) is 0. The van der Waals surface area contributed by atoms with Crippen molar-refractivity contribution in [2.24, 2.45) is 0 Å². The number of carbonyl (C=O) groups is 1. The lowest BCUT2D eigenvalue weighted by molar-refractivity contribution is 0.0697. The molecule has 0 atom stereocenters. The second-order valence-corrected chi connectivity index (χ2v) is 3.62. The van der Waals surface area contributed by atoms with E-state index in [2.05, 4.69) is 0 Å². The molecule has 0 amide bonds. The van der Waals surface area contributed by atoms with Crippen molar-refractivity contribution in [1.82, 2.24) is 0 Å². The summed E-state index contributed by atoms with van der Waals surface area (Å²) in [5.41, 5.74) is -0.0810. The Morgan fingerprint density at radius 3 is 2.67 bits per heavy atom. The monoisotopic (exact) mass is 300 g/mol. The normalized spacial score (nSPS) is 9.92. The number of halogens is 3. The molecular formula is C7H3ClFIO2.